The average Bonchev–Trinajstić information content (AvgIpc) is 2.86. The van der Waals surface area contributed by atoms with Gasteiger partial charge in [-0.2, -0.15) is 0 Å². The van der Waals surface area contributed by atoms with Crippen molar-refractivity contribution in [2.24, 2.45) is 0 Å². The zero-order valence-corrected chi connectivity index (χ0v) is 22.0. The van der Waals surface area contributed by atoms with Crippen molar-refractivity contribution in [2.45, 2.75) is 0 Å². The summed E-state index contributed by atoms with van der Waals surface area (Å²) in [5.74, 6) is 4.51. The molecule has 0 aliphatic rings. The summed E-state index contributed by atoms with van der Waals surface area (Å²) >= 11 is 0. The fourth-order valence-corrected chi connectivity index (χ4v) is 5.69. The molecule has 0 amide bonds. The minimum absolute atomic E-state index is 0.0489. The van der Waals surface area contributed by atoms with Gasteiger partial charge in [0, 0.05) is 47.3 Å². The highest BCUT2D eigenvalue weighted by Crippen LogP contribution is 2.23. The lowest BCUT2D eigenvalue weighted by atomic mass is 10.3. The van der Waals surface area contributed by atoms with Gasteiger partial charge in [0.25, 0.3) is 11.4 Å². The molecule has 0 heterocycles. The molecule has 0 aliphatic carbocycles. The van der Waals surface area contributed by atoms with Crippen LogP contribution in [0.15, 0.2) is 48.5 Å². The van der Waals surface area contributed by atoms with Gasteiger partial charge in [-0.3, -0.25) is 20.2 Å². The van der Waals surface area contributed by atoms with Crippen LogP contribution in [0.2, 0.25) is 0 Å². The molecule has 0 atom stereocenters. The normalized spacial score (nSPS) is 10.7. The first-order valence-corrected chi connectivity index (χ1v) is 15.4. The van der Waals surface area contributed by atoms with Crippen molar-refractivity contribution >= 4 is 54.6 Å². The number of benzene rings is 2. The summed E-state index contributed by atoms with van der Waals surface area (Å²) < 4.78 is 22.0. The number of nitro groups is 2. The molecular weight excluding hydrogens is 537 g/mol. The molecule has 0 aromatic heterocycles. The molecule has 0 radical (unpaired) electrons. The van der Waals surface area contributed by atoms with Crippen LogP contribution in [0.4, 0.5) is 11.4 Å². The highest BCUT2D eigenvalue weighted by Gasteiger charge is 2.05. The third-order valence-corrected chi connectivity index (χ3v) is 8.59. The second-order valence-electron chi connectivity index (χ2n) is 6.42. The fourth-order valence-electron chi connectivity index (χ4n) is 2.31. The number of rotatable bonds is 20. The van der Waals surface area contributed by atoms with Gasteiger partial charge < -0.3 is 18.9 Å². The monoisotopic (exact) mass is 562 g/mol. The van der Waals surface area contributed by atoms with Crippen LogP contribution in [-0.2, 0) is 9.47 Å². The second kappa shape index (κ2) is 18.4. The quantitative estimate of drug-likeness (QED) is 0.0645. The summed E-state index contributed by atoms with van der Waals surface area (Å²) in [6.07, 6.45) is 0. The highest BCUT2D eigenvalue weighted by atomic mass is 33.1. The molecule has 0 fully saturated rings. The van der Waals surface area contributed by atoms with Gasteiger partial charge in [-0.15, -0.1) is 0 Å². The molecule has 10 nitrogen and oxygen atoms in total. The van der Waals surface area contributed by atoms with Crippen molar-refractivity contribution in [2.75, 3.05) is 56.2 Å². The van der Waals surface area contributed by atoms with Crippen LogP contribution in [0.1, 0.15) is 0 Å². The summed E-state index contributed by atoms with van der Waals surface area (Å²) in [5, 5.41) is 21.2. The van der Waals surface area contributed by atoms with Gasteiger partial charge in [0.1, 0.15) is 18.3 Å². The first-order chi connectivity index (χ1) is 17.1. The summed E-state index contributed by atoms with van der Waals surface area (Å²) in [6.45, 7) is 2.52. The van der Waals surface area contributed by atoms with Crippen LogP contribution < -0.4 is 9.47 Å². The van der Waals surface area contributed by atoms with Gasteiger partial charge in [-0.05, 0) is 24.3 Å². The van der Waals surface area contributed by atoms with Crippen LogP contribution in [0, 0.1) is 20.2 Å². The minimum Gasteiger partial charge on any atom is -0.493 e. The summed E-state index contributed by atoms with van der Waals surface area (Å²) in [7, 11) is 6.75. The maximum atomic E-state index is 10.6. The molecule has 0 N–H and O–H groups in total. The summed E-state index contributed by atoms with van der Waals surface area (Å²) in [4.78, 5) is 20.3. The number of non-ortho nitro benzene ring substituents is 2. The zero-order chi connectivity index (χ0) is 25.1. The van der Waals surface area contributed by atoms with Crippen molar-refractivity contribution in [3.05, 3.63) is 68.8 Å². The van der Waals surface area contributed by atoms with Gasteiger partial charge in [-0.25, -0.2) is 0 Å². The van der Waals surface area contributed by atoms with Crippen LogP contribution in [0.3, 0.4) is 0 Å². The van der Waals surface area contributed by atoms with Gasteiger partial charge in [0.2, 0.25) is 0 Å². The molecule has 2 aromatic rings. The number of hydrogen-bond donors (Lipinski definition) is 0. The number of nitrogens with zero attached hydrogens (tertiary/aromatic N) is 2. The number of nitro benzene ring substituents is 2. The number of ether oxygens (including phenoxy) is 4. The van der Waals surface area contributed by atoms with E-state index in [-0.39, 0.29) is 18.2 Å². The topological polar surface area (TPSA) is 123 Å². The van der Waals surface area contributed by atoms with E-state index in [9.17, 15) is 20.2 Å². The van der Waals surface area contributed by atoms with Gasteiger partial charge in [0.15, 0.2) is 0 Å². The van der Waals surface area contributed by atoms with Crippen molar-refractivity contribution in [3.8, 4) is 11.5 Å². The molecule has 0 saturated carbocycles. The Balaban J connectivity index is 1.30. The van der Waals surface area contributed by atoms with E-state index >= 15 is 0 Å². The zero-order valence-electron chi connectivity index (χ0n) is 18.8. The minimum atomic E-state index is -0.436. The van der Waals surface area contributed by atoms with Crippen molar-refractivity contribution in [1.29, 1.82) is 0 Å². The Hall–Kier alpha value is -1.84. The molecule has 0 saturated heterocycles. The number of hydrogen-bond acceptors (Lipinski definition) is 12. The van der Waals surface area contributed by atoms with E-state index in [1.165, 1.54) is 24.3 Å². The third-order valence-electron chi connectivity index (χ3n) is 3.92. The Morgan fingerprint density at radius 2 is 0.914 bits per heavy atom. The summed E-state index contributed by atoms with van der Waals surface area (Å²) in [5.41, 5.74) is 0.0977. The Kier molecular flexibility index (Phi) is 15.5. The average molecular weight is 563 g/mol. The molecular formula is C21H26N2O8S4. The first kappa shape index (κ1) is 29.4. The lowest BCUT2D eigenvalue weighted by Gasteiger charge is -2.07. The Bertz CT molecular complexity index is 803. The van der Waals surface area contributed by atoms with E-state index in [1.54, 1.807) is 67.4 Å². The predicted molar refractivity (Wildman–Crippen MR) is 144 cm³/mol. The maximum Gasteiger partial charge on any atom is 0.269 e. The van der Waals surface area contributed by atoms with E-state index in [0.29, 0.717) is 37.9 Å². The van der Waals surface area contributed by atoms with E-state index in [1.807, 2.05) is 0 Å². The van der Waals surface area contributed by atoms with Crippen LogP contribution in [-0.4, -0.2) is 66.1 Å². The van der Waals surface area contributed by atoms with E-state index in [0.717, 1.165) is 23.0 Å². The lowest BCUT2D eigenvalue weighted by molar-refractivity contribution is -0.385. The van der Waals surface area contributed by atoms with Gasteiger partial charge in [0.05, 0.1) is 36.3 Å². The standard InChI is InChI=1S/C21H26N2O8S4/c24-22(25)18-1-5-20(6-2-18)30-11-15-34-32-13-9-28-17-29-10-14-33-35-16-12-31-21-7-3-19(4-8-21)23(26)27/h1-8H,9-17H2. The first-order valence-electron chi connectivity index (χ1n) is 10.4. The third kappa shape index (κ3) is 13.7. The fraction of sp³-hybridized carbons (Fsp3) is 0.429. The van der Waals surface area contributed by atoms with Crippen LogP contribution in [0.25, 0.3) is 0 Å². The lowest BCUT2D eigenvalue weighted by Crippen LogP contribution is -2.05. The van der Waals surface area contributed by atoms with Crippen molar-refractivity contribution < 1.29 is 28.8 Å². The maximum absolute atomic E-state index is 10.6. The molecule has 0 aliphatic heterocycles. The van der Waals surface area contributed by atoms with Gasteiger partial charge >= 0.3 is 0 Å². The molecule has 2 aromatic carbocycles. The molecule has 35 heavy (non-hydrogen) atoms. The van der Waals surface area contributed by atoms with E-state index in [2.05, 4.69) is 0 Å². The van der Waals surface area contributed by atoms with Crippen LogP contribution >= 0.6 is 43.2 Å². The van der Waals surface area contributed by atoms with Gasteiger partial charge in [-0.1, -0.05) is 43.2 Å². The second-order valence-corrected chi connectivity index (χ2v) is 11.8. The molecule has 0 bridgehead atoms. The predicted octanol–water partition coefficient (Wildman–Crippen LogP) is 5.71. The Labute approximate surface area is 219 Å². The molecule has 0 unspecified atom stereocenters. The van der Waals surface area contributed by atoms with Crippen LogP contribution in [0.5, 0.6) is 11.5 Å². The van der Waals surface area contributed by atoms with Crippen molar-refractivity contribution in [1.82, 2.24) is 0 Å². The highest BCUT2D eigenvalue weighted by molar-refractivity contribution is 8.77. The van der Waals surface area contributed by atoms with Crippen molar-refractivity contribution in [3.63, 3.8) is 0 Å². The summed E-state index contributed by atoms with van der Waals surface area (Å²) in [6, 6.07) is 12.1. The Morgan fingerprint density at radius 1 is 0.571 bits per heavy atom. The SMILES string of the molecule is O=[N+]([O-])c1ccc(OCCSSCCOCOCCSSCCOc2ccc([N+](=O)[O-])cc2)cc1. The Morgan fingerprint density at radius 3 is 1.26 bits per heavy atom. The molecule has 192 valence electrons. The smallest absolute Gasteiger partial charge is 0.269 e. The van der Waals surface area contributed by atoms with E-state index in [4.69, 9.17) is 18.9 Å². The molecule has 2 rings (SSSR count). The molecule has 14 heteroatoms. The largest absolute Gasteiger partial charge is 0.493 e. The van der Waals surface area contributed by atoms with E-state index < -0.39 is 9.85 Å². The molecule has 0 spiro atoms.